The molecule has 0 aliphatic heterocycles. The Balaban J connectivity index is 2.41. The summed E-state index contributed by atoms with van der Waals surface area (Å²) in [6.07, 6.45) is 0. The summed E-state index contributed by atoms with van der Waals surface area (Å²) in [5.41, 5.74) is 0.400. The Labute approximate surface area is 96.9 Å². The number of ether oxygens (including phenoxy) is 1. The molecule has 0 spiro atoms. The van der Waals surface area contributed by atoms with Crippen LogP contribution in [0.4, 0.5) is 0 Å². The van der Waals surface area contributed by atoms with Crippen molar-refractivity contribution in [1.29, 1.82) is 0 Å². The SMILES string of the molecule is COc1nc(C)cc(=O)n1Cc1nnn(C)n1. The molecule has 0 saturated heterocycles. The zero-order valence-corrected chi connectivity index (χ0v) is 9.78. The summed E-state index contributed by atoms with van der Waals surface area (Å²) in [6.45, 7) is 1.91. The van der Waals surface area contributed by atoms with Crippen LogP contribution in [0.2, 0.25) is 0 Å². The third kappa shape index (κ3) is 2.30. The van der Waals surface area contributed by atoms with E-state index < -0.39 is 0 Å². The molecule has 0 aliphatic carbocycles. The lowest BCUT2D eigenvalue weighted by Crippen LogP contribution is -2.23. The van der Waals surface area contributed by atoms with Crippen LogP contribution in [-0.2, 0) is 13.6 Å². The standard InChI is InChI=1S/C9H12N6O2/c1-6-4-8(16)15(9(10-6)17-3)5-7-11-13-14(2)12-7/h4H,5H2,1-3H3. The van der Waals surface area contributed by atoms with Crippen LogP contribution in [-0.4, -0.2) is 36.9 Å². The van der Waals surface area contributed by atoms with Gasteiger partial charge in [-0.15, -0.1) is 10.2 Å². The molecule has 90 valence electrons. The second-order valence-electron chi connectivity index (χ2n) is 3.50. The summed E-state index contributed by atoms with van der Waals surface area (Å²) in [5.74, 6) is 0.429. The van der Waals surface area contributed by atoms with E-state index in [-0.39, 0.29) is 18.1 Å². The number of hydrogen-bond acceptors (Lipinski definition) is 6. The number of aryl methyl sites for hydroxylation is 2. The van der Waals surface area contributed by atoms with Gasteiger partial charge in [-0.2, -0.15) is 4.80 Å². The molecule has 17 heavy (non-hydrogen) atoms. The van der Waals surface area contributed by atoms with Crippen molar-refractivity contribution in [3.63, 3.8) is 0 Å². The van der Waals surface area contributed by atoms with Crippen LogP contribution in [0.15, 0.2) is 10.9 Å². The van der Waals surface area contributed by atoms with Gasteiger partial charge in [0.15, 0.2) is 5.82 Å². The number of rotatable bonds is 3. The fourth-order valence-electron chi connectivity index (χ4n) is 1.42. The highest BCUT2D eigenvalue weighted by Crippen LogP contribution is 2.05. The predicted molar refractivity (Wildman–Crippen MR) is 57.7 cm³/mol. The minimum absolute atomic E-state index is 0.184. The minimum Gasteiger partial charge on any atom is -0.468 e. The summed E-state index contributed by atoms with van der Waals surface area (Å²) in [7, 11) is 3.12. The van der Waals surface area contributed by atoms with E-state index in [9.17, 15) is 4.79 Å². The highest BCUT2D eigenvalue weighted by Gasteiger charge is 2.10. The summed E-state index contributed by atoms with van der Waals surface area (Å²) in [4.78, 5) is 17.2. The summed E-state index contributed by atoms with van der Waals surface area (Å²) in [6, 6.07) is 1.67. The fourth-order valence-corrected chi connectivity index (χ4v) is 1.42. The van der Waals surface area contributed by atoms with Gasteiger partial charge in [0.05, 0.1) is 20.7 Å². The van der Waals surface area contributed by atoms with E-state index in [1.54, 1.807) is 14.0 Å². The van der Waals surface area contributed by atoms with Gasteiger partial charge in [-0.05, 0) is 12.1 Å². The topological polar surface area (TPSA) is 87.7 Å². The average molecular weight is 236 g/mol. The van der Waals surface area contributed by atoms with Crippen LogP contribution in [0, 0.1) is 6.92 Å². The van der Waals surface area contributed by atoms with Crippen LogP contribution in [0.3, 0.4) is 0 Å². The molecule has 0 unspecified atom stereocenters. The molecule has 0 radical (unpaired) electrons. The Morgan fingerprint density at radius 3 is 2.82 bits per heavy atom. The Bertz CT molecular complexity index is 587. The maximum Gasteiger partial charge on any atom is 0.299 e. The van der Waals surface area contributed by atoms with E-state index in [1.807, 2.05) is 0 Å². The number of aromatic nitrogens is 6. The molecule has 0 aromatic carbocycles. The summed E-state index contributed by atoms with van der Waals surface area (Å²) < 4.78 is 6.41. The van der Waals surface area contributed by atoms with Crippen molar-refractivity contribution >= 4 is 0 Å². The molecule has 8 heteroatoms. The molecule has 8 nitrogen and oxygen atoms in total. The molecule has 0 fully saturated rings. The molecule has 2 rings (SSSR count). The zero-order valence-electron chi connectivity index (χ0n) is 9.78. The van der Waals surface area contributed by atoms with Gasteiger partial charge in [0.1, 0.15) is 0 Å². The highest BCUT2D eigenvalue weighted by atomic mass is 16.5. The van der Waals surface area contributed by atoms with Crippen molar-refractivity contribution < 1.29 is 4.74 Å². The maximum atomic E-state index is 11.8. The Morgan fingerprint density at radius 1 is 1.47 bits per heavy atom. The van der Waals surface area contributed by atoms with Crippen LogP contribution >= 0.6 is 0 Å². The molecule has 0 bridgehead atoms. The minimum atomic E-state index is -0.207. The van der Waals surface area contributed by atoms with Gasteiger partial charge >= 0.3 is 0 Å². The molecule has 2 aromatic heterocycles. The van der Waals surface area contributed by atoms with E-state index in [0.29, 0.717) is 11.5 Å². The molecule has 0 atom stereocenters. The quantitative estimate of drug-likeness (QED) is 0.688. The largest absolute Gasteiger partial charge is 0.468 e. The van der Waals surface area contributed by atoms with E-state index >= 15 is 0 Å². The van der Waals surface area contributed by atoms with E-state index in [4.69, 9.17) is 4.74 Å². The first-order valence-corrected chi connectivity index (χ1v) is 4.95. The Morgan fingerprint density at radius 2 is 2.24 bits per heavy atom. The second kappa shape index (κ2) is 4.32. The highest BCUT2D eigenvalue weighted by molar-refractivity contribution is 5.07. The van der Waals surface area contributed by atoms with Crippen molar-refractivity contribution in [2.45, 2.75) is 13.5 Å². The monoisotopic (exact) mass is 236 g/mol. The van der Waals surface area contributed by atoms with Crippen molar-refractivity contribution in [3.05, 3.63) is 27.9 Å². The van der Waals surface area contributed by atoms with Gasteiger partial charge in [0, 0.05) is 11.8 Å². The molecule has 2 heterocycles. The Hall–Kier alpha value is -2.25. The van der Waals surface area contributed by atoms with Gasteiger partial charge in [-0.1, -0.05) is 0 Å². The number of nitrogens with zero attached hydrogens (tertiary/aromatic N) is 6. The lowest BCUT2D eigenvalue weighted by molar-refractivity contribution is 0.348. The molecular formula is C9H12N6O2. The van der Waals surface area contributed by atoms with E-state index in [2.05, 4.69) is 20.4 Å². The van der Waals surface area contributed by atoms with Gasteiger partial charge in [0.25, 0.3) is 11.6 Å². The molecule has 0 amide bonds. The third-order valence-corrected chi connectivity index (χ3v) is 2.13. The lowest BCUT2D eigenvalue weighted by atomic mass is 10.4. The number of methoxy groups -OCH3 is 1. The molecule has 0 saturated carbocycles. The van der Waals surface area contributed by atoms with E-state index in [0.717, 1.165) is 0 Å². The predicted octanol–water partition coefficient (Wildman–Crippen LogP) is -0.868. The number of hydrogen-bond donors (Lipinski definition) is 0. The van der Waals surface area contributed by atoms with Crippen LogP contribution in [0.5, 0.6) is 6.01 Å². The van der Waals surface area contributed by atoms with E-state index in [1.165, 1.54) is 22.5 Å². The maximum absolute atomic E-state index is 11.8. The summed E-state index contributed by atoms with van der Waals surface area (Å²) >= 11 is 0. The van der Waals surface area contributed by atoms with Crippen molar-refractivity contribution in [1.82, 2.24) is 29.8 Å². The first-order chi connectivity index (χ1) is 8.10. The van der Waals surface area contributed by atoms with Gasteiger partial charge in [0.2, 0.25) is 0 Å². The third-order valence-electron chi connectivity index (χ3n) is 2.13. The molecule has 2 aromatic rings. The molecular weight excluding hydrogens is 224 g/mol. The number of tetrazole rings is 1. The molecule has 0 aliphatic rings. The summed E-state index contributed by atoms with van der Waals surface area (Å²) in [5, 5.41) is 11.5. The smallest absolute Gasteiger partial charge is 0.299 e. The van der Waals surface area contributed by atoms with Crippen molar-refractivity contribution in [2.75, 3.05) is 7.11 Å². The normalized spacial score (nSPS) is 10.5. The molecule has 0 N–H and O–H groups in total. The zero-order chi connectivity index (χ0) is 12.4. The van der Waals surface area contributed by atoms with Crippen LogP contribution < -0.4 is 10.3 Å². The van der Waals surface area contributed by atoms with Gasteiger partial charge in [-0.25, -0.2) is 4.98 Å². The van der Waals surface area contributed by atoms with Crippen LogP contribution in [0.25, 0.3) is 0 Å². The van der Waals surface area contributed by atoms with Gasteiger partial charge in [-0.3, -0.25) is 9.36 Å². The lowest BCUT2D eigenvalue weighted by Gasteiger charge is -2.08. The first kappa shape index (κ1) is 11.2. The average Bonchev–Trinajstić information content (AvgIpc) is 2.67. The van der Waals surface area contributed by atoms with Crippen molar-refractivity contribution in [2.24, 2.45) is 7.05 Å². The Kier molecular flexibility index (Phi) is 2.86. The van der Waals surface area contributed by atoms with Crippen molar-refractivity contribution in [3.8, 4) is 6.01 Å². The first-order valence-electron chi connectivity index (χ1n) is 4.95. The fraction of sp³-hybridized carbons (Fsp3) is 0.444. The van der Waals surface area contributed by atoms with Gasteiger partial charge < -0.3 is 4.74 Å². The van der Waals surface area contributed by atoms with Crippen LogP contribution in [0.1, 0.15) is 11.5 Å². The second-order valence-corrected chi connectivity index (χ2v) is 3.50.